The second-order valence-electron chi connectivity index (χ2n) is 2.53. The third-order valence-electron chi connectivity index (χ3n) is 1.74. The first kappa shape index (κ1) is 6.85. The van der Waals surface area contributed by atoms with Gasteiger partial charge < -0.3 is 4.74 Å². The maximum atomic E-state index is 10.7. The van der Waals surface area contributed by atoms with E-state index in [4.69, 9.17) is 4.74 Å². The Kier molecular flexibility index (Phi) is 1.66. The van der Waals surface area contributed by atoms with Gasteiger partial charge in [0.1, 0.15) is 6.10 Å². The quantitative estimate of drug-likeness (QED) is 0.600. The molecule has 1 aliphatic heterocycles. The van der Waals surface area contributed by atoms with E-state index in [1.54, 1.807) is 11.3 Å². The summed E-state index contributed by atoms with van der Waals surface area (Å²) in [5, 5.41) is 2.00. The van der Waals surface area contributed by atoms with E-state index in [0.29, 0.717) is 6.42 Å². The molecule has 2 heterocycles. The van der Waals surface area contributed by atoms with E-state index in [1.165, 1.54) is 0 Å². The number of carbonyl (C=O) groups excluding carboxylic acids is 1. The number of hydrogen-bond acceptors (Lipinski definition) is 3. The number of thiophene rings is 1. The van der Waals surface area contributed by atoms with Crippen molar-refractivity contribution in [2.75, 3.05) is 0 Å². The third-order valence-corrected chi connectivity index (χ3v) is 2.71. The first-order valence-corrected chi connectivity index (χ1v) is 4.47. The van der Waals surface area contributed by atoms with Crippen LogP contribution in [0.25, 0.3) is 0 Å². The summed E-state index contributed by atoms with van der Waals surface area (Å²) < 4.78 is 5.08. The molecule has 0 aliphatic carbocycles. The molecule has 0 saturated carbocycles. The largest absolute Gasteiger partial charge is 0.457 e. The van der Waals surface area contributed by atoms with E-state index >= 15 is 0 Å². The fraction of sp³-hybridized carbons (Fsp3) is 0.375. The highest BCUT2D eigenvalue weighted by molar-refractivity contribution is 7.10. The van der Waals surface area contributed by atoms with Crippen LogP contribution in [-0.2, 0) is 9.53 Å². The van der Waals surface area contributed by atoms with Gasteiger partial charge in [-0.25, -0.2) is 0 Å². The van der Waals surface area contributed by atoms with Gasteiger partial charge in [0.25, 0.3) is 0 Å². The first-order chi connectivity index (χ1) is 5.36. The highest BCUT2D eigenvalue weighted by atomic mass is 32.1. The van der Waals surface area contributed by atoms with Gasteiger partial charge in [-0.2, -0.15) is 0 Å². The fourth-order valence-electron chi connectivity index (χ4n) is 1.20. The van der Waals surface area contributed by atoms with Gasteiger partial charge in [0.2, 0.25) is 0 Å². The molecule has 11 heavy (non-hydrogen) atoms. The molecule has 0 N–H and O–H groups in total. The summed E-state index contributed by atoms with van der Waals surface area (Å²) in [5.41, 5.74) is 0. The Balaban J connectivity index is 2.13. The molecule has 1 aromatic rings. The highest BCUT2D eigenvalue weighted by Crippen LogP contribution is 2.31. The van der Waals surface area contributed by atoms with Gasteiger partial charge in [0.15, 0.2) is 0 Å². The Labute approximate surface area is 68.8 Å². The Morgan fingerprint density at radius 3 is 3.09 bits per heavy atom. The Morgan fingerprint density at radius 2 is 2.55 bits per heavy atom. The van der Waals surface area contributed by atoms with Crippen LogP contribution in [0.4, 0.5) is 0 Å². The van der Waals surface area contributed by atoms with Crippen LogP contribution in [0.3, 0.4) is 0 Å². The zero-order valence-electron chi connectivity index (χ0n) is 5.95. The highest BCUT2D eigenvalue weighted by Gasteiger charge is 2.25. The summed E-state index contributed by atoms with van der Waals surface area (Å²) in [6.07, 6.45) is 1.46. The van der Waals surface area contributed by atoms with Gasteiger partial charge in [-0.05, 0) is 17.9 Å². The van der Waals surface area contributed by atoms with E-state index in [9.17, 15) is 4.79 Å². The van der Waals surface area contributed by atoms with Crippen LogP contribution in [0, 0.1) is 0 Å². The zero-order valence-corrected chi connectivity index (χ0v) is 6.76. The van der Waals surface area contributed by atoms with Gasteiger partial charge in [-0.3, -0.25) is 4.79 Å². The maximum Gasteiger partial charge on any atom is 0.306 e. The number of rotatable bonds is 1. The van der Waals surface area contributed by atoms with E-state index in [2.05, 4.69) is 0 Å². The van der Waals surface area contributed by atoms with Crippen molar-refractivity contribution in [1.82, 2.24) is 0 Å². The SMILES string of the molecule is O=C1CCC(c2cccs2)O1. The molecule has 1 fully saturated rings. The molecule has 1 saturated heterocycles. The van der Waals surface area contributed by atoms with Crippen molar-refractivity contribution in [3.05, 3.63) is 22.4 Å². The molecule has 0 radical (unpaired) electrons. The van der Waals surface area contributed by atoms with Crippen molar-refractivity contribution in [2.45, 2.75) is 18.9 Å². The van der Waals surface area contributed by atoms with Crippen molar-refractivity contribution >= 4 is 17.3 Å². The fourth-order valence-corrected chi connectivity index (χ4v) is 1.99. The molecular weight excluding hydrogens is 160 g/mol. The molecule has 58 valence electrons. The second-order valence-corrected chi connectivity index (χ2v) is 3.51. The summed E-state index contributed by atoms with van der Waals surface area (Å²) in [7, 11) is 0. The molecule has 1 unspecified atom stereocenters. The average molecular weight is 168 g/mol. The minimum atomic E-state index is -0.0663. The third kappa shape index (κ3) is 1.28. The number of cyclic esters (lactones) is 1. The number of carbonyl (C=O) groups is 1. The van der Waals surface area contributed by atoms with E-state index in [1.807, 2.05) is 17.5 Å². The van der Waals surface area contributed by atoms with Gasteiger partial charge in [0, 0.05) is 11.3 Å². The lowest BCUT2D eigenvalue weighted by atomic mass is 10.2. The number of esters is 1. The first-order valence-electron chi connectivity index (χ1n) is 3.59. The summed E-state index contributed by atoms with van der Waals surface area (Å²) in [5.74, 6) is -0.0663. The predicted molar refractivity (Wildman–Crippen MR) is 42.4 cm³/mol. The molecule has 0 amide bonds. The predicted octanol–water partition coefficient (Wildman–Crippen LogP) is 2.13. The van der Waals surface area contributed by atoms with Crippen LogP contribution >= 0.6 is 11.3 Å². The minimum absolute atomic E-state index is 0.0440. The Hall–Kier alpha value is -0.830. The normalized spacial score (nSPS) is 23.6. The lowest BCUT2D eigenvalue weighted by Gasteiger charge is -2.04. The molecule has 1 atom stereocenters. The molecule has 1 aromatic heterocycles. The molecule has 0 aromatic carbocycles. The molecule has 0 bridgehead atoms. The lowest BCUT2D eigenvalue weighted by molar-refractivity contribution is -0.141. The topological polar surface area (TPSA) is 26.3 Å². The van der Waals surface area contributed by atoms with Crippen molar-refractivity contribution in [3.8, 4) is 0 Å². The molecule has 3 heteroatoms. The number of ether oxygens (including phenoxy) is 1. The minimum Gasteiger partial charge on any atom is -0.457 e. The lowest BCUT2D eigenvalue weighted by Crippen LogP contribution is -1.95. The van der Waals surface area contributed by atoms with Gasteiger partial charge in [-0.1, -0.05) is 6.07 Å². The van der Waals surface area contributed by atoms with E-state index in [-0.39, 0.29) is 12.1 Å². The monoisotopic (exact) mass is 168 g/mol. The van der Waals surface area contributed by atoms with Crippen molar-refractivity contribution in [2.24, 2.45) is 0 Å². The van der Waals surface area contributed by atoms with Gasteiger partial charge in [0.05, 0.1) is 0 Å². The van der Waals surface area contributed by atoms with Crippen LogP contribution in [-0.4, -0.2) is 5.97 Å². The van der Waals surface area contributed by atoms with Crippen LogP contribution in [0.5, 0.6) is 0 Å². The van der Waals surface area contributed by atoms with Crippen LogP contribution in [0.2, 0.25) is 0 Å². The standard InChI is InChI=1S/C8H8O2S/c9-8-4-3-6(10-8)7-2-1-5-11-7/h1-2,5-6H,3-4H2. The van der Waals surface area contributed by atoms with Gasteiger partial charge in [-0.15, -0.1) is 11.3 Å². The summed E-state index contributed by atoms with van der Waals surface area (Å²) in [6.45, 7) is 0. The smallest absolute Gasteiger partial charge is 0.306 e. The Morgan fingerprint density at radius 1 is 1.64 bits per heavy atom. The van der Waals surface area contributed by atoms with Crippen LogP contribution < -0.4 is 0 Å². The molecule has 2 nitrogen and oxygen atoms in total. The second kappa shape index (κ2) is 2.66. The molecule has 1 aliphatic rings. The molecular formula is C8H8O2S. The maximum absolute atomic E-state index is 10.7. The van der Waals surface area contributed by atoms with Gasteiger partial charge >= 0.3 is 5.97 Å². The molecule has 0 spiro atoms. The van der Waals surface area contributed by atoms with Crippen LogP contribution in [0.1, 0.15) is 23.8 Å². The van der Waals surface area contributed by atoms with Crippen molar-refractivity contribution < 1.29 is 9.53 Å². The zero-order chi connectivity index (χ0) is 7.68. The van der Waals surface area contributed by atoms with Crippen molar-refractivity contribution in [1.29, 1.82) is 0 Å². The summed E-state index contributed by atoms with van der Waals surface area (Å²) >= 11 is 1.64. The molecule has 2 rings (SSSR count). The van der Waals surface area contributed by atoms with Crippen LogP contribution in [0.15, 0.2) is 17.5 Å². The average Bonchev–Trinajstić information content (AvgIpc) is 2.55. The number of hydrogen-bond donors (Lipinski definition) is 0. The summed E-state index contributed by atoms with van der Waals surface area (Å²) in [4.78, 5) is 11.9. The van der Waals surface area contributed by atoms with E-state index < -0.39 is 0 Å². The van der Waals surface area contributed by atoms with Crippen molar-refractivity contribution in [3.63, 3.8) is 0 Å². The van der Waals surface area contributed by atoms with E-state index in [0.717, 1.165) is 11.3 Å². The summed E-state index contributed by atoms with van der Waals surface area (Å²) in [6, 6.07) is 3.99. The Bertz CT molecular complexity index is 253.